The summed E-state index contributed by atoms with van der Waals surface area (Å²) in [6, 6.07) is 10.0. The van der Waals surface area contributed by atoms with E-state index in [-0.39, 0.29) is 23.1 Å². The first-order valence-corrected chi connectivity index (χ1v) is 9.34. The van der Waals surface area contributed by atoms with Crippen molar-refractivity contribution in [2.75, 3.05) is 6.61 Å². The number of carbonyl (C=O) groups excluding carboxylic acids is 2. The highest BCUT2D eigenvalue weighted by Gasteiger charge is 2.45. The molecule has 1 aliphatic heterocycles. The van der Waals surface area contributed by atoms with Gasteiger partial charge in [-0.15, -0.1) is 0 Å². The molecule has 0 radical (unpaired) electrons. The second-order valence-electron chi connectivity index (χ2n) is 8.08. The largest absolute Gasteiger partial charge is 0.465 e. The molecule has 0 amide bonds. The number of hydrogen-bond donors (Lipinski definition) is 0. The number of Topliss-reactive ketones (excluding diaryl/α,β-unsaturated/α-hetero) is 1. The minimum atomic E-state index is -0.487. The summed E-state index contributed by atoms with van der Waals surface area (Å²) in [5.41, 5.74) is 3.40. The molecule has 0 N–H and O–H groups in total. The Labute approximate surface area is 155 Å². The normalized spacial score (nSPS) is 24.8. The molecule has 1 heterocycles. The van der Waals surface area contributed by atoms with Crippen LogP contribution in [0.2, 0.25) is 0 Å². The van der Waals surface area contributed by atoms with E-state index in [4.69, 9.17) is 9.73 Å². The predicted molar refractivity (Wildman–Crippen MR) is 102 cm³/mol. The number of carbonyl (C=O) groups is 2. The van der Waals surface area contributed by atoms with E-state index >= 15 is 0 Å². The summed E-state index contributed by atoms with van der Waals surface area (Å²) in [4.78, 5) is 30.4. The van der Waals surface area contributed by atoms with Gasteiger partial charge in [-0.05, 0) is 37.7 Å². The minimum Gasteiger partial charge on any atom is -0.465 e. The van der Waals surface area contributed by atoms with E-state index in [1.165, 1.54) is 0 Å². The summed E-state index contributed by atoms with van der Waals surface area (Å²) in [7, 11) is 0. The molecular formula is C22H27NO3. The van der Waals surface area contributed by atoms with E-state index in [1.54, 1.807) is 6.92 Å². The third-order valence-electron chi connectivity index (χ3n) is 5.27. The molecule has 26 heavy (non-hydrogen) atoms. The van der Waals surface area contributed by atoms with E-state index in [2.05, 4.69) is 13.8 Å². The molecule has 1 aromatic rings. The molecule has 4 heteroatoms. The molecule has 0 fully saturated rings. The maximum atomic E-state index is 13.0. The van der Waals surface area contributed by atoms with Gasteiger partial charge in [-0.3, -0.25) is 14.6 Å². The highest BCUT2D eigenvalue weighted by molar-refractivity contribution is 6.07. The number of ketones is 1. The molecule has 138 valence electrons. The van der Waals surface area contributed by atoms with Crippen LogP contribution in [0.25, 0.3) is 0 Å². The Morgan fingerprint density at radius 2 is 1.92 bits per heavy atom. The number of allylic oxidation sites excluding steroid dienone is 2. The zero-order chi connectivity index (χ0) is 18.9. The van der Waals surface area contributed by atoms with Crippen LogP contribution < -0.4 is 0 Å². The summed E-state index contributed by atoms with van der Waals surface area (Å²) in [5.74, 6) is -0.840. The van der Waals surface area contributed by atoms with Crippen molar-refractivity contribution in [2.45, 2.75) is 47.0 Å². The number of aliphatic imine (C=N–C) groups is 1. The Bertz CT molecular complexity index is 774. The molecule has 0 saturated carbocycles. The van der Waals surface area contributed by atoms with Crippen molar-refractivity contribution < 1.29 is 14.3 Å². The van der Waals surface area contributed by atoms with Crippen molar-refractivity contribution >= 4 is 17.5 Å². The quantitative estimate of drug-likeness (QED) is 0.764. The van der Waals surface area contributed by atoms with Gasteiger partial charge in [-0.25, -0.2) is 0 Å². The molecule has 0 spiro atoms. The molecule has 1 aromatic carbocycles. The van der Waals surface area contributed by atoms with Gasteiger partial charge in [0, 0.05) is 29.3 Å². The van der Waals surface area contributed by atoms with Crippen molar-refractivity contribution in [3.05, 3.63) is 47.2 Å². The van der Waals surface area contributed by atoms with Crippen LogP contribution in [0.3, 0.4) is 0 Å². The number of rotatable bonds is 4. The van der Waals surface area contributed by atoms with Gasteiger partial charge < -0.3 is 4.74 Å². The first kappa shape index (κ1) is 18.6. The maximum Gasteiger partial charge on any atom is 0.315 e. The minimum absolute atomic E-state index is 0.0895. The highest BCUT2D eigenvalue weighted by Crippen LogP contribution is 2.45. The smallest absolute Gasteiger partial charge is 0.315 e. The molecule has 3 rings (SSSR count). The molecule has 2 unspecified atom stereocenters. The zero-order valence-corrected chi connectivity index (χ0v) is 16.0. The van der Waals surface area contributed by atoms with Crippen molar-refractivity contribution in [1.82, 2.24) is 0 Å². The molecule has 2 atom stereocenters. The fourth-order valence-electron chi connectivity index (χ4n) is 4.22. The van der Waals surface area contributed by atoms with Crippen LogP contribution in [0.4, 0.5) is 0 Å². The van der Waals surface area contributed by atoms with E-state index in [9.17, 15) is 9.59 Å². The van der Waals surface area contributed by atoms with Crippen LogP contribution in [0.15, 0.2) is 46.6 Å². The Morgan fingerprint density at radius 1 is 1.23 bits per heavy atom. The number of nitrogens with zero attached hydrogens (tertiary/aromatic N) is 1. The van der Waals surface area contributed by atoms with E-state index < -0.39 is 5.92 Å². The Balaban J connectivity index is 2.05. The average Bonchev–Trinajstić information content (AvgIpc) is 2.54. The van der Waals surface area contributed by atoms with E-state index in [1.807, 2.05) is 37.3 Å². The first-order chi connectivity index (χ1) is 12.3. The lowest BCUT2D eigenvalue weighted by Crippen LogP contribution is -2.41. The summed E-state index contributed by atoms with van der Waals surface area (Å²) in [6.07, 6.45) is 1.91. The van der Waals surface area contributed by atoms with Gasteiger partial charge >= 0.3 is 5.97 Å². The van der Waals surface area contributed by atoms with Crippen LogP contribution in [0.5, 0.6) is 0 Å². The van der Waals surface area contributed by atoms with Gasteiger partial charge in [0.05, 0.1) is 6.61 Å². The monoisotopic (exact) mass is 353 g/mol. The number of ether oxygens (including phenoxy) is 1. The topological polar surface area (TPSA) is 55.7 Å². The fraction of sp³-hybridized carbons (Fsp3) is 0.500. The van der Waals surface area contributed by atoms with Crippen LogP contribution >= 0.6 is 0 Å². The molecule has 0 bridgehead atoms. The lowest BCUT2D eigenvalue weighted by molar-refractivity contribution is -0.146. The average molecular weight is 353 g/mol. The van der Waals surface area contributed by atoms with Gasteiger partial charge in [-0.1, -0.05) is 44.2 Å². The van der Waals surface area contributed by atoms with Crippen molar-refractivity contribution in [2.24, 2.45) is 22.2 Å². The second-order valence-corrected chi connectivity index (χ2v) is 8.08. The predicted octanol–water partition coefficient (Wildman–Crippen LogP) is 4.14. The molecule has 1 aliphatic carbocycles. The molecule has 4 nitrogen and oxygen atoms in total. The highest BCUT2D eigenvalue weighted by atomic mass is 16.5. The Hall–Kier alpha value is -2.23. The first-order valence-electron chi connectivity index (χ1n) is 9.34. The fourth-order valence-corrected chi connectivity index (χ4v) is 4.22. The van der Waals surface area contributed by atoms with Crippen LogP contribution in [-0.4, -0.2) is 24.1 Å². The Kier molecular flexibility index (Phi) is 5.12. The van der Waals surface area contributed by atoms with Gasteiger partial charge in [0.15, 0.2) is 5.78 Å². The summed E-state index contributed by atoms with van der Waals surface area (Å²) in [5, 5.41) is 0. The van der Waals surface area contributed by atoms with Crippen LogP contribution in [0.1, 0.15) is 46.1 Å². The second kappa shape index (κ2) is 7.18. The third kappa shape index (κ3) is 3.64. The number of hydrogen-bond acceptors (Lipinski definition) is 4. The van der Waals surface area contributed by atoms with Crippen molar-refractivity contribution in [3.63, 3.8) is 0 Å². The number of esters is 1. The number of benzene rings is 1. The Morgan fingerprint density at radius 3 is 2.58 bits per heavy atom. The van der Waals surface area contributed by atoms with Crippen molar-refractivity contribution in [1.29, 1.82) is 0 Å². The summed E-state index contributed by atoms with van der Waals surface area (Å²) in [6.45, 7) is 8.22. The zero-order valence-electron chi connectivity index (χ0n) is 16.0. The molecule has 0 aromatic heterocycles. The SMILES string of the molecule is CCOC(=O)C1C(C)=NC2=C(C(=O)CC(C)(C)C2)C1Cc1ccccc1. The third-order valence-corrected chi connectivity index (χ3v) is 5.27. The summed E-state index contributed by atoms with van der Waals surface area (Å²) >= 11 is 0. The lowest BCUT2D eigenvalue weighted by atomic mass is 9.67. The van der Waals surface area contributed by atoms with Crippen LogP contribution in [-0.2, 0) is 20.7 Å². The van der Waals surface area contributed by atoms with Crippen LogP contribution in [0, 0.1) is 17.3 Å². The molecular weight excluding hydrogens is 326 g/mol. The lowest BCUT2D eigenvalue weighted by Gasteiger charge is -2.38. The molecule has 0 saturated heterocycles. The standard InChI is InChI=1S/C22H27NO3/c1-5-26-21(25)19-14(2)23-17-12-22(3,4)13-18(24)20(17)16(19)11-15-9-7-6-8-10-15/h6-10,16,19H,5,11-13H2,1-4H3. The molecule has 2 aliphatic rings. The van der Waals surface area contributed by atoms with Gasteiger partial charge in [0.1, 0.15) is 5.92 Å². The maximum absolute atomic E-state index is 13.0. The summed E-state index contributed by atoms with van der Waals surface area (Å²) < 4.78 is 5.32. The van der Waals surface area contributed by atoms with E-state index in [0.717, 1.165) is 29.0 Å². The van der Waals surface area contributed by atoms with E-state index in [0.29, 0.717) is 19.4 Å². The van der Waals surface area contributed by atoms with Gasteiger partial charge in [-0.2, -0.15) is 0 Å². The van der Waals surface area contributed by atoms with Gasteiger partial charge in [0.2, 0.25) is 0 Å². The van der Waals surface area contributed by atoms with Crippen molar-refractivity contribution in [3.8, 4) is 0 Å². The van der Waals surface area contributed by atoms with Gasteiger partial charge in [0.25, 0.3) is 0 Å².